The summed E-state index contributed by atoms with van der Waals surface area (Å²) in [7, 11) is 0. The number of rotatable bonds is 2. The lowest BCUT2D eigenvalue weighted by Crippen LogP contribution is -2.18. The molecule has 1 heterocycles. The molecule has 0 saturated carbocycles. The lowest BCUT2D eigenvalue weighted by atomic mass is 10.1. The molecule has 0 aromatic rings. The zero-order valence-electron chi connectivity index (χ0n) is 5.91. The third-order valence-corrected chi connectivity index (χ3v) is 1.55. The first-order chi connectivity index (χ1) is 5.18. The molecule has 0 radical (unpaired) electrons. The van der Waals surface area contributed by atoms with Gasteiger partial charge in [-0.25, -0.2) is 0 Å². The molecule has 1 amide bonds. The summed E-state index contributed by atoms with van der Waals surface area (Å²) in [4.78, 5) is 15.2. The van der Waals surface area contributed by atoms with E-state index < -0.39 is 0 Å². The van der Waals surface area contributed by atoms with E-state index in [1.807, 2.05) is 0 Å². The Morgan fingerprint density at radius 2 is 2.55 bits per heavy atom. The van der Waals surface area contributed by atoms with Gasteiger partial charge in [0.1, 0.15) is 0 Å². The standard InChI is InChI=1S/C7H8N2OS/c8-7(10)4-5-3-6(11)1-2-9-5/h1-2H,3-4H2,(H2,8,10). The summed E-state index contributed by atoms with van der Waals surface area (Å²) in [6, 6.07) is 0. The lowest BCUT2D eigenvalue weighted by Gasteiger charge is -2.05. The average Bonchev–Trinajstić information content (AvgIpc) is 1.85. The maximum absolute atomic E-state index is 10.4. The van der Waals surface area contributed by atoms with Crippen LogP contribution in [0.4, 0.5) is 0 Å². The van der Waals surface area contributed by atoms with E-state index in [1.165, 1.54) is 0 Å². The number of carbonyl (C=O) groups is 1. The van der Waals surface area contributed by atoms with Crippen LogP contribution < -0.4 is 5.73 Å². The fourth-order valence-electron chi connectivity index (χ4n) is 0.841. The Hall–Kier alpha value is -1.03. The van der Waals surface area contributed by atoms with Gasteiger partial charge in [-0.3, -0.25) is 9.79 Å². The van der Waals surface area contributed by atoms with Gasteiger partial charge in [-0.1, -0.05) is 12.2 Å². The predicted molar refractivity (Wildman–Crippen MR) is 47.6 cm³/mol. The fraction of sp³-hybridized carbons (Fsp3) is 0.286. The summed E-state index contributed by atoms with van der Waals surface area (Å²) in [6.45, 7) is 0. The molecule has 0 bridgehead atoms. The van der Waals surface area contributed by atoms with Gasteiger partial charge >= 0.3 is 0 Å². The predicted octanol–water partition coefficient (Wildman–Crippen LogP) is 0.590. The molecule has 2 N–H and O–H groups in total. The highest BCUT2D eigenvalue weighted by Crippen LogP contribution is 2.03. The minimum absolute atomic E-state index is 0.213. The highest BCUT2D eigenvalue weighted by molar-refractivity contribution is 7.80. The van der Waals surface area contributed by atoms with Crippen LogP contribution in [0.15, 0.2) is 17.3 Å². The van der Waals surface area contributed by atoms with Crippen LogP contribution in [0.25, 0.3) is 0 Å². The van der Waals surface area contributed by atoms with Crippen LogP contribution in [0.5, 0.6) is 0 Å². The van der Waals surface area contributed by atoms with Crippen molar-refractivity contribution >= 4 is 28.7 Å². The molecule has 3 nitrogen and oxygen atoms in total. The molecule has 4 heteroatoms. The number of aliphatic imine (C=N–C) groups is 1. The lowest BCUT2D eigenvalue weighted by molar-refractivity contribution is -0.116. The second-order valence-corrected chi connectivity index (χ2v) is 2.82. The van der Waals surface area contributed by atoms with E-state index >= 15 is 0 Å². The molecule has 0 aromatic heterocycles. The first-order valence-electron chi connectivity index (χ1n) is 3.21. The van der Waals surface area contributed by atoms with Crippen LogP contribution in [0, 0.1) is 0 Å². The molecule has 0 fully saturated rings. The van der Waals surface area contributed by atoms with Crippen LogP contribution in [0.3, 0.4) is 0 Å². The van der Waals surface area contributed by atoms with Crippen molar-refractivity contribution in [2.45, 2.75) is 12.8 Å². The molecule has 1 rings (SSSR count). The van der Waals surface area contributed by atoms with Gasteiger partial charge in [0, 0.05) is 23.2 Å². The molecule has 0 unspecified atom stereocenters. The number of allylic oxidation sites excluding steroid dienone is 1. The van der Waals surface area contributed by atoms with Gasteiger partial charge in [-0.05, 0) is 6.08 Å². The Bertz CT molecular complexity index is 255. The van der Waals surface area contributed by atoms with Crippen molar-refractivity contribution in [3.63, 3.8) is 0 Å². The Labute approximate surface area is 70.0 Å². The van der Waals surface area contributed by atoms with E-state index in [9.17, 15) is 4.79 Å². The largest absolute Gasteiger partial charge is 0.369 e. The molecule has 0 spiro atoms. The van der Waals surface area contributed by atoms with Crippen LogP contribution in [0.1, 0.15) is 12.8 Å². The molecule has 0 aromatic carbocycles. The van der Waals surface area contributed by atoms with Crippen molar-refractivity contribution < 1.29 is 4.79 Å². The van der Waals surface area contributed by atoms with Crippen LogP contribution in [-0.4, -0.2) is 16.5 Å². The van der Waals surface area contributed by atoms with Crippen LogP contribution in [0.2, 0.25) is 0 Å². The number of nitrogens with zero attached hydrogens (tertiary/aromatic N) is 1. The normalized spacial score (nSPS) is 16.4. The minimum atomic E-state index is -0.359. The number of hydrogen-bond acceptors (Lipinski definition) is 3. The van der Waals surface area contributed by atoms with Crippen molar-refractivity contribution in [1.82, 2.24) is 0 Å². The molecule has 1 aliphatic rings. The zero-order valence-corrected chi connectivity index (χ0v) is 6.73. The third-order valence-electron chi connectivity index (χ3n) is 1.27. The molecule has 1 aliphatic heterocycles. The number of nitrogens with two attached hydrogens (primary N) is 1. The van der Waals surface area contributed by atoms with E-state index in [0.717, 1.165) is 10.6 Å². The summed E-state index contributed by atoms with van der Waals surface area (Å²) < 4.78 is 0. The fourth-order valence-corrected chi connectivity index (χ4v) is 1.07. The maximum Gasteiger partial charge on any atom is 0.223 e. The van der Waals surface area contributed by atoms with Crippen molar-refractivity contribution in [3.8, 4) is 0 Å². The van der Waals surface area contributed by atoms with Gasteiger partial charge in [-0.15, -0.1) is 0 Å². The quantitative estimate of drug-likeness (QED) is 0.613. The highest BCUT2D eigenvalue weighted by Gasteiger charge is 2.07. The molecule has 58 valence electrons. The van der Waals surface area contributed by atoms with E-state index in [2.05, 4.69) is 4.99 Å². The third kappa shape index (κ3) is 2.59. The summed E-state index contributed by atoms with van der Waals surface area (Å²) in [5.74, 6) is -0.359. The van der Waals surface area contributed by atoms with Gasteiger partial charge in [0.2, 0.25) is 5.91 Å². The molecular formula is C7H8N2OS. The van der Waals surface area contributed by atoms with Gasteiger partial charge in [0.15, 0.2) is 0 Å². The van der Waals surface area contributed by atoms with Crippen LogP contribution >= 0.6 is 12.2 Å². The number of amides is 1. The summed E-state index contributed by atoms with van der Waals surface area (Å²) in [5, 5.41) is 0. The Morgan fingerprint density at radius 3 is 3.09 bits per heavy atom. The Balaban J connectivity index is 2.59. The van der Waals surface area contributed by atoms with Gasteiger partial charge in [0.05, 0.1) is 6.42 Å². The molecule has 11 heavy (non-hydrogen) atoms. The SMILES string of the molecule is NC(=O)CC1=NC=CC(=S)C1. The second-order valence-electron chi connectivity index (χ2n) is 2.30. The van der Waals surface area contributed by atoms with Crippen molar-refractivity contribution in [3.05, 3.63) is 12.3 Å². The molecular weight excluding hydrogens is 160 g/mol. The maximum atomic E-state index is 10.4. The van der Waals surface area contributed by atoms with E-state index in [1.54, 1.807) is 12.3 Å². The summed E-state index contributed by atoms with van der Waals surface area (Å²) in [6.07, 6.45) is 4.16. The average molecular weight is 168 g/mol. The highest BCUT2D eigenvalue weighted by atomic mass is 32.1. The van der Waals surface area contributed by atoms with Crippen molar-refractivity contribution in [2.75, 3.05) is 0 Å². The van der Waals surface area contributed by atoms with E-state index in [-0.39, 0.29) is 12.3 Å². The monoisotopic (exact) mass is 168 g/mol. The van der Waals surface area contributed by atoms with E-state index in [4.69, 9.17) is 18.0 Å². The number of thiocarbonyl (C=S) groups is 1. The Morgan fingerprint density at radius 1 is 1.82 bits per heavy atom. The van der Waals surface area contributed by atoms with E-state index in [0.29, 0.717) is 6.42 Å². The van der Waals surface area contributed by atoms with Gasteiger partial charge in [0.25, 0.3) is 0 Å². The minimum Gasteiger partial charge on any atom is -0.369 e. The van der Waals surface area contributed by atoms with Gasteiger partial charge < -0.3 is 5.73 Å². The molecule has 0 atom stereocenters. The zero-order chi connectivity index (χ0) is 8.27. The topological polar surface area (TPSA) is 55.5 Å². The van der Waals surface area contributed by atoms with Crippen molar-refractivity contribution in [2.24, 2.45) is 10.7 Å². The number of hydrogen-bond donors (Lipinski definition) is 1. The van der Waals surface area contributed by atoms with Gasteiger partial charge in [-0.2, -0.15) is 0 Å². The first kappa shape index (κ1) is 8.07. The second kappa shape index (κ2) is 3.39. The number of primary amides is 1. The smallest absolute Gasteiger partial charge is 0.223 e. The summed E-state index contributed by atoms with van der Waals surface area (Å²) >= 11 is 4.92. The molecule has 0 saturated heterocycles. The molecule has 0 aliphatic carbocycles. The first-order valence-corrected chi connectivity index (χ1v) is 3.62. The Kier molecular flexibility index (Phi) is 2.48. The summed E-state index contributed by atoms with van der Waals surface area (Å²) in [5.41, 5.74) is 5.74. The number of carbonyl (C=O) groups excluding carboxylic acids is 1. The van der Waals surface area contributed by atoms with Crippen LogP contribution in [-0.2, 0) is 4.79 Å². The van der Waals surface area contributed by atoms with Crippen molar-refractivity contribution in [1.29, 1.82) is 0 Å².